The molecule has 0 aliphatic carbocycles. The van der Waals surface area contributed by atoms with E-state index in [1.165, 1.54) is 25.7 Å². The molecule has 0 radical (unpaired) electrons. The molecule has 0 aliphatic rings. The Kier molecular flexibility index (Phi) is 11.5. The monoisotopic (exact) mass is 285 g/mol. The van der Waals surface area contributed by atoms with Crippen molar-refractivity contribution in [2.24, 2.45) is 0 Å². The van der Waals surface area contributed by atoms with Crippen molar-refractivity contribution in [3.05, 3.63) is 0 Å². The summed E-state index contributed by atoms with van der Waals surface area (Å²) in [6.07, 6.45) is 4.99. The standard InChI is InChI=1S/C17H39N3/c1-8-12-16(18-13-9-2)17(10-3)20(11-4)15(5)14-19(6)7/h15-18H,8-14H2,1-7H3. The highest BCUT2D eigenvalue weighted by atomic mass is 15.2. The second-order valence-electron chi connectivity index (χ2n) is 6.27. The third-order valence-electron chi connectivity index (χ3n) is 4.13. The van der Waals surface area contributed by atoms with Crippen LogP contribution in [0.25, 0.3) is 0 Å². The van der Waals surface area contributed by atoms with Crippen molar-refractivity contribution in [3.8, 4) is 0 Å². The molecule has 0 rings (SSSR count). The summed E-state index contributed by atoms with van der Waals surface area (Å²) in [5.74, 6) is 0. The van der Waals surface area contributed by atoms with Crippen LogP contribution in [0.4, 0.5) is 0 Å². The summed E-state index contributed by atoms with van der Waals surface area (Å²) in [7, 11) is 4.34. The third kappa shape index (κ3) is 7.05. The number of rotatable bonds is 12. The predicted molar refractivity (Wildman–Crippen MR) is 91.5 cm³/mol. The van der Waals surface area contributed by atoms with E-state index in [2.05, 4.69) is 63.8 Å². The number of likely N-dealkylation sites (N-methyl/N-ethyl adjacent to an activating group) is 2. The minimum absolute atomic E-state index is 0.614. The molecule has 20 heavy (non-hydrogen) atoms. The molecule has 3 nitrogen and oxygen atoms in total. The lowest BCUT2D eigenvalue weighted by Gasteiger charge is -2.41. The van der Waals surface area contributed by atoms with Gasteiger partial charge in [0.05, 0.1) is 0 Å². The lowest BCUT2D eigenvalue weighted by Crippen LogP contribution is -2.54. The number of nitrogens with zero attached hydrogens (tertiary/aromatic N) is 2. The maximum Gasteiger partial charge on any atom is 0.0249 e. The number of nitrogens with one attached hydrogen (secondary N) is 1. The molecule has 3 unspecified atom stereocenters. The zero-order valence-corrected chi connectivity index (χ0v) is 15.1. The van der Waals surface area contributed by atoms with Gasteiger partial charge in [-0.05, 0) is 53.4 Å². The molecule has 1 N–H and O–H groups in total. The van der Waals surface area contributed by atoms with Crippen LogP contribution >= 0.6 is 0 Å². The molecule has 0 spiro atoms. The average Bonchev–Trinajstić information content (AvgIpc) is 2.40. The Balaban J connectivity index is 4.83. The van der Waals surface area contributed by atoms with Crippen LogP contribution in [0.5, 0.6) is 0 Å². The Hall–Kier alpha value is -0.120. The molecule has 0 amide bonds. The number of hydrogen-bond acceptors (Lipinski definition) is 3. The van der Waals surface area contributed by atoms with E-state index >= 15 is 0 Å². The van der Waals surface area contributed by atoms with Crippen molar-refractivity contribution in [1.29, 1.82) is 0 Å². The summed E-state index contributed by atoms with van der Waals surface area (Å²) in [6, 6.07) is 1.90. The molecule has 3 atom stereocenters. The highest BCUT2D eigenvalue weighted by Crippen LogP contribution is 2.17. The third-order valence-corrected chi connectivity index (χ3v) is 4.13. The van der Waals surface area contributed by atoms with E-state index in [1.807, 2.05) is 0 Å². The summed E-state index contributed by atoms with van der Waals surface area (Å²) in [5.41, 5.74) is 0. The van der Waals surface area contributed by atoms with Gasteiger partial charge in [-0.3, -0.25) is 4.90 Å². The molecule has 0 fully saturated rings. The van der Waals surface area contributed by atoms with Crippen LogP contribution in [0.1, 0.15) is 60.3 Å². The van der Waals surface area contributed by atoms with Gasteiger partial charge in [0, 0.05) is 24.7 Å². The van der Waals surface area contributed by atoms with Gasteiger partial charge in [0.25, 0.3) is 0 Å². The SMILES string of the molecule is CCCNC(CCC)C(CC)N(CC)C(C)CN(C)C. The van der Waals surface area contributed by atoms with Crippen LogP contribution in [0.2, 0.25) is 0 Å². The molecule has 0 aromatic carbocycles. The van der Waals surface area contributed by atoms with Crippen LogP contribution in [0.15, 0.2) is 0 Å². The lowest BCUT2D eigenvalue weighted by molar-refractivity contribution is 0.0948. The molecule has 3 heteroatoms. The Morgan fingerprint density at radius 3 is 2.05 bits per heavy atom. The second-order valence-corrected chi connectivity index (χ2v) is 6.27. The fourth-order valence-electron chi connectivity index (χ4n) is 3.33. The van der Waals surface area contributed by atoms with Gasteiger partial charge in [-0.15, -0.1) is 0 Å². The number of hydrogen-bond donors (Lipinski definition) is 1. The first-order valence-corrected chi connectivity index (χ1v) is 8.65. The van der Waals surface area contributed by atoms with E-state index in [1.54, 1.807) is 0 Å². The molecule has 0 saturated carbocycles. The Morgan fingerprint density at radius 1 is 1.00 bits per heavy atom. The summed E-state index contributed by atoms with van der Waals surface area (Å²) >= 11 is 0. The molecular formula is C17H39N3. The van der Waals surface area contributed by atoms with Gasteiger partial charge in [-0.25, -0.2) is 0 Å². The largest absolute Gasteiger partial charge is 0.312 e. The highest BCUT2D eigenvalue weighted by Gasteiger charge is 2.27. The van der Waals surface area contributed by atoms with Gasteiger partial charge >= 0.3 is 0 Å². The highest BCUT2D eigenvalue weighted by molar-refractivity contribution is 4.86. The van der Waals surface area contributed by atoms with Crippen LogP contribution in [0.3, 0.4) is 0 Å². The van der Waals surface area contributed by atoms with Gasteiger partial charge in [-0.2, -0.15) is 0 Å². The normalized spacial score (nSPS) is 16.6. The van der Waals surface area contributed by atoms with Gasteiger partial charge in [0.2, 0.25) is 0 Å². The minimum Gasteiger partial charge on any atom is -0.312 e. The molecule has 0 aromatic rings. The minimum atomic E-state index is 0.614. The first-order chi connectivity index (χ1) is 9.51. The topological polar surface area (TPSA) is 18.5 Å². The van der Waals surface area contributed by atoms with Crippen LogP contribution in [0, 0.1) is 0 Å². The summed E-state index contributed by atoms with van der Waals surface area (Å²) in [6.45, 7) is 15.0. The molecule has 122 valence electrons. The van der Waals surface area contributed by atoms with Crippen molar-refractivity contribution in [2.75, 3.05) is 33.7 Å². The van der Waals surface area contributed by atoms with E-state index in [0.717, 1.165) is 19.6 Å². The summed E-state index contributed by atoms with van der Waals surface area (Å²) in [4.78, 5) is 5.00. The van der Waals surface area contributed by atoms with Gasteiger partial charge in [0.15, 0.2) is 0 Å². The lowest BCUT2D eigenvalue weighted by atomic mass is 9.97. The molecule has 0 aromatic heterocycles. The van der Waals surface area contributed by atoms with E-state index in [4.69, 9.17) is 0 Å². The first-order valence-electron chi connectivity index (χ1n) is 8.65. The zero-order valence-electron chi connectivity index (χ0n) is 15.1. The molecule has 0 aliphatic heterocycles. The van der Waals surface area contributed by atoms with Crippen molar-refractivity contribution < 1.29 is 0 Å². The zero-order chi connectivity index (χ0) is 15.5. The van der Waals surface area contributed by atoms with E-state index in [-0.39, 0.29) is 0 Å². The average molecular weight is 286 g/mol. The summed E-state index contributed by atoms with van der Waals surface area (Å²) in [5, 5.41) is 3.79. The summed E-state index contributed by atoms with van der Waals surface area (Å²) < 4.78 is 0. The molecular weight excluding hydrogens is 246 g/mol. The molecule has 0 heterocycles. The van der Waals surface area contributed by atoms with Gasteiger partial charge in [-0.1, -0.05) is 34.1 Å². The second kappa shape index (κ2) is 11.5. The maximum absolute atomic E-state index is 3.79. The molecule has 0 bridgehead atoms. The van der Waals surface area contributed by atoms with Crippen LogP contribution in [-0.2, 0) is 0 Å². The molecule has 0 saturated heterocycles. The fourth-order valence-corrected chi connectivity index (χ4v) is 3.33. The predicted octanol–water partition coefficient (Wildman–Crippen LogP) is 3.21. The van der Waals surface area contributed by atoms with Crippen LogP contribution in [-0.4, -0.2) is 61.7 Å². The van der Waals surface area contributed by atoms with Crippen molar-refractivity contribution >= 4 is 0 Å². The Labute approximate surface area is 128 Å². The maximum atomic E-state index is 3.79. The van der Waals surface area contributed by atoms with Crippen LogP contribution < -0.4 is 5.32 Å². The van der Waals surface area contributed by atoms with E-state index < -0.39 is 0 Å². The van der Waals surface area contributed by atoms with Crippen molar-refractivity contribution in [1.82, 2.24) is 15.1 Å². The van der Waals surface area contributed by atoms with Gasteiger partial charge < -0.3 is 10.2 Å². The Bertz CT molecular complexity index is 218. The quantitative estimate of drug-likeness (QED) is 0.594. The van der Waals surface area contributed by atoms with Crippen molar-refractivity contribution in [3.63, 3.8) is 0 Å². The van der Waals surface area contributed by atoms with E-state index in [0.29, 0.717) is 18.1 Å². The van der Waals surface area contributed by atoms with E-state index in [9.17, 15) is 0 Å². The first kappa shape index (κ1) is 19.9. The Morgan fingerprint density at radius 2 is 1.65 bits per heavy atom. The van der Waals surface area contributed by atoms with Crippen molar-refractivity contribution in [2.45, 2.75) is 78.4 Å². The van der Waals surface area contributed by atoms with Gasteiger partial charge in [0.1, 0.15) is 0 Å². The smallest absolute Gasteiger partial charge is 0.0249 e. The fraction of sp³-hybridized carbons (Fsp3) is 1.00.